The van der Waals surface area contributed by atoms with Gasteiger partial charge in [-0.3, -0.25) is 0 Å². The molecule has 1 aromatic heterocycles. The van der Waals surface area contributed by atoms with E-state index in [1.807, 2.05) is 0 Å². The van der Waals surface area contributed by atoms with Gasteiger partial charge in [-0.2, -0.15) is 4.98 Å². The van der Waals surface area contributed by atoms with E-state index in [2.05, 4.69) is 20.6 Å². The van der Waals surface area contributed by atoms with E-state index in [0.29, 0.717) is 34.7 Å². The lowest BCUT2D eigenvalue weighted by Crippen LogP contribution is -2.13. The van der Waals surface area contributed by atoms with E-state index in [0.717, 1.165) is 6.26 Å². The van der Waals surface area contributed by atoms with E-state index in [9.17, 15) is 13.2 Å². The third-order valence-corrected chi connectivity index (χ3v) is 5.90. The Labute approximate surface area is 198 Å². The zero-order chi connectivity index (χ0) is 24.7. The molecule has 0 aliphatic rings. The second kappa shape index (κ2) is 10.9. The SMILES string of the molecule is CCOC(C=O)c1cnc(Nc2cc(OC)cc(OC)c2)nc1Nc1ccccc1S(C)(=O)=O. The summed E-state index contributed by atoms with van der Waals surface area (Å²) in [6, 6.07) is 11.6. The predicted molar refractivity (Wildman–Crippen MR) is 128 cm³/mol. The first-order chi connectivity index (χ1) is 16.3. The molecule has 0 radical (unpaired) electrons. The van der Waals surface area contributed by atoms with Crippen molar-refractivity contribution in [2.75, 3.05) is 37.7 Å². The first kappa shape index (κ1) is 24.9. The van der Waals surface area contributed by atoms with Gasteiger partial charge in [-0.1, -0.05) is 12.1 Å². The molecule has 0 aliphatic heterocycles. The Bertz CT molecular complexity index is 1240. The van der Waals surface area contributed by atoms with Gasteiger partial charge in [0.05, 0.1) is 24.8 Å². The lowest BCUT2D eigenvalue weighted by atomic mass is 10.2. The van der Waals surface area contributed by atoms with Crippen LogP contribution in [0.1, 0.15) is 18.6 Å². The first-order valence-electron chi connectivity index (χ1n) is 10.3. The molecule has 180 valence electrons. The van der Waals surface area contributed by atoms with Crippen LogP contribution in [0.2, 0.25) is 0 Å². The van der Waals surface area contributed by atoms with Crippen LogP contribution in [0, 0.1) is 0 Å². The number of rotatable bonds is 11. The zero-order valence-corrected chi connectivity index (χ0v) is 20.0. The van der Waals surface area contributed by atoms with Gasteiger partial charge in [0.15, 0.2) is 16.1 Å². The normalized spacial score (nSPS) is 12.0. The molecular formula is C23H26N4O6S. The quantitative estimate of drug-likeness (QED) is 0.387. The number of methoxy groups -OCH3 is 2. The van der Waals surface area contributed by atoms with Crippen LogP contribution in [0.5, 0.6) is 11.5 Å². The van der Waals surface area contributed by atoms with Gasteiger partial charge in [-0.25, -0.2) is 13.4 Å². The number of aromatic nitrogens is 2. The van der Waals surface area contributed by atoms with Crippen LogP contribution in [0.4, 0.5) is 23.1 Å². The summed E-state index contributed by atoms with van der Waals surface area (Å²) in [4.78, 5) is 20.6. The molecule has 0 saturated heterocycles. The van der Waals surface area contributed by atoms with Crippen LogP contribution < -0.4 is 20.1 Å². The molecule has 2 N–H and O–H groups in total. The number of nitrogens with one attached hydrogen (secondary N) is 2. The average Bonchev–Trinajstić information content (AvgIpc) is 2.82. The summed E-state index contributed by atoms with van der Waals surface area (Å²) in [5, 5.41) is 6.10. The fraction of sp³-hybridized carbons (Fsp3) is 0.261. The van der Waals surface area contributed by atoms with Crippen molar-refractivity contribution in [2.45, 2.75) is 17.9 Å². The van der Waals surface area contributed by atoms with E-state index in [-0.39, 0.29) is 23.3 Å². The van der Waals surface area contributed by atoms with Crippen molar-refractivity contribution >= 4 is 39.3 Å². The van der Waals surface area contributed by atoms with E-state index >= 15 is 0 Å². The molecule has 0 spiro atoms. The highest BCUT2D eigenvalue weighted by atomic mass is 32.2. The maximum absolute atomic E-state index is 12.3. The van der Waals surface area contributed by atoms with Gasteiger partial charge in [0, 0.05) is 48.5 Å². The Morgan fingerprint density at radius 3 is 2.32 bits per heavy atom. The number of para-hydroxylation sites is 1. The number of ether oxygens (including phenoxy) is 3. The Hall–Kier alpha value is -3.70. The van der Waals surface area contributed by atoms with E-state index < -0.39 is 15.9 Å². The molecular weight excluding hydrogens is 460 g/mol. The van der Waals surface area contributed by atoms with Crippen molar-refractivity contribution in [1.82, 2.24) is 9.97 Å². The summed E-state index contributed by atoms with van der Waals surface area (Å²) in [5.41, 5.74) is 1.26. The molecule has 1 heterocycles. The highest BCUT2D eigenvalue weighted by molar-refractivity contribution is 7.90. The van der Waals surface area contributed by atoms with Gasteiger partial charge in [-0.05, 0) is 19.1 Å². The molecule has 3 aromatic rings. The minimum atomic E-state index is -3.53. The monoisotopic (exact) mass is 486 g/mol. The van der Waals surface area contributed by atoms with Crippen molar-refractivity contribution < 1.29 is 27.4 Å². The molecule has 0 amide bonds. The number of anilines is 4. The van der Waals surface area contributed by atoms with Gasteiger partial charge in [0.1, 0.15) is 23.4 Å². The summed E-state index contributed by atoms with van der Waals surface area (Å²) in [7, 11) is -0.446. The van der Waals surface area contributed by atoms with Crippen LogP contribution in [-0.2, 0) is 19.4 Å². The summed E-state index contributed by atoms with van der Waals surface area (Å²) in [5.74, 6) is 1.54. The minimum absolute atomic E-state index is 0.0886. The molecule has 1 atom stereocenters. The zero-order valence-electron chi connectivity index (χ0n) is 19.2. The standard InChI is InChI=1S/C23H26N4O6S/c1-5-33-20(14-28)18-13-24-23(25-15-10-16(31-2)12-17(11-15)32-3)27-22(18)26-19-8-6-7-9-21(19)34(4,29)30/h6-14,20H,5H2,1-4H3,(H2,24,25,26,27). The molecule has 0 saturated carbocycles. The summed E-state index contributed by atoms with van der Waals surface area (Å²) < 4.78 is 40.6. The van der Waals surface area contributed by atoms with Gasteiger partial charge >= 0.3 is 0 Å². The van der Waals surface area contributed by atoms with Crippen molar-refractivity contribution in [3.05, 3.63) is 54.2 Å². The summed E-state index contributed by atoms with van der Waals surface area (Å²) >= 11 is 0. The van der Waals surface area contributed by atoms with Crippen LogP contribution in [0.15, 0.2) is 53.6 Å². The third-order valence-electron chi connectivity index (χ3n) is 4.74. The molecule has 1 unspecified atom stereocenters. The number of hydrogen-bond acceptors (Lipinski definition) is 10. The fourth-order valence-electron chi connectivity index (χ4n) is 3.17. The first-order valence-corrected chi connectivity index (χ1v) is 12.2. The maximum Gasteiger partial charge on any atom is 0.229 e. The lowest BCUT2D eigenvalue weighted by Gasteiger charge is -2.18. The Balaban J connectivity index is 2.06. The topological polar surface area (TPSA) is 129 Å². The van der Waals surface area contributed by atoms with E-state index in [1.54, 1.807) is 57.5 Å². The van der Waals surface area contributed by atoms with Crippen LogP contribution in [0.25, 0.3) is 0 Å². The van der Waals surface area contributed by atoms with Crippen molar-refractivity contribution in [1.29, 1.82) is 0 Å². The second-order valence-corrected chi connectivity index (χ2v) is 9.11. The molecule has 11 heteroatoms. The van der Waals surface area contributed by atoms with Gasteiger partial charge in [0.25, 0.3) is 0 Å². The minimum Gasteiger partial charge on any atom is -0.497 e. The molecule has 0 aliphatic carbocycles. The highest BCUT2D eigenvalue weighted by Gasteiger charge is 2.20. The molecule has 3 rings (SSSR count). The maximum atomic E-state index is 12.3. The number of benzene rings is 2. The molecule has 34 heavy (non-hydrogen) atoms. The van der Waals surface area contributed by atoms with Gasteiger partial charge < -0.3 is 29.6 Å². The highest BCUT2D eigenvalue weighted by Crippen LogP contribution is 2.31. The summed E-state index contributed by atoms with van der Waals surface area (Å²) in [6.07, 6.45) is 2.26. The lowest BCUT2D eigenvalue weighted by molar-refractivity contribution is -0.118. The Morgan fingerprint density at radius 1 is 1.06 bits per heavy atom. The van der Waals surface area contributed by atoms with Crippen molar-refractivity contribution in [2.24, 2.45) is 0 Å². The van der Waals surface area contributed by atoms with Gasteiger partial charge in [0.2, 0.25) is 5.95 Å². The largest absolute Gasteiger partial charge is 0.497 e. The number of sulfone groups is 1. The number of carbonyl (C=O) groups excluding carboxylic acids is 1. The molecule has 2 aromatic carbocycles. The molecule has 0 fully saturated rings. The van der Waals surface area contributed by atoms with Crippen LogP contribution in [0.3, 0.4) is 0 Å². The second-order valence-electron chi connectivity index (χ2n) is 7.13. The summed E-state index contributed by atoms with van der Waals surface area (Å²) in [6.45, 7) is 2.04. The van der Waals surface area contributed by atoms with Crippen molar-refractivity contribution in [3.63, 3.8) is 0 Å². The van der Waals surface area contributed by atoms with Crippen molar-refractivity contribution in [3.8, 4) is 11.5 Å². The number of hydrogen-bond donors (Lipinski definition) is 2. The Kier molecular flexibility index (Phi) is 8.03. The van der Waals surface area contributed by atoms with Crippen LogP contribution in [-0.4, -0.2) is 51.8 Å². The van der Waals surface area contributed by atoms with Gasteiger partial charge in [-0.15, -0.1) is 0 Å². The third kappa shape index (κ3) is 6.00. The predicted octanol–water partition coefficient (Wildman–Crippen LogP) is 3.66. The fourth-order valence-corrected chi connectivity index (χ4v) is 4.02. The average molecular weight is 487 g/mol. The number of aldehydes is 1. The Morgan fingerprint density at radius 2 is 1.74 bits per heavy atom. The van der Waals surface area contributed by atoms with E-state index in [1.165, 1.54) is 12.3 Å². The molecule has 10 nitrogen and oxygen atoms in total. The number of nitrogens with zero attached hydrogens (tertiary/aromatic N) is 2. The van der Waals surface area contributed by atoms with E-state index in [4.69, 9.17) is 14.2 Å². The van der Waals surface area contributed by atoms with Crippen LogP contribution >= 0.6 is 0 Å². The smallest absolute Gasteiger partial charge is 0.229 e. The molecule has 0 bridgehead atoms. The number of carbonyl (C=O) groups is 1.